The molecule has 0 atom stereocenters. The summed E-state index contributed by atoms with van der Waals surface area (Å²) in [5.74, 6) is 0.970. The van der Waals surface area contributed by atoms with Gasteiger partial charge in [0.1, 0.15) is 0 Å². The van der Waals surface area contributed by atoms with Crippen LogP contribution in [0.5, 0.6) is 0 Å². The zero-order chi connectivity index (χ0) is 17.1. The maximum absolute atomic E-state index is 12.3. The molecular weight excluding hydrogens is 322 g/mol. The van der Waals surface area contributed by atoms with Crippen molar-refractivity contribution in [3.8, 4) is 0 Å². The van der Waals surface area contributed by atoms with Crippen molar-refractivity contribution in [2.45, 2.75) is 40.2 Å². The highest BCUT2D eigenvalue weighted by atomic mass is 32.1. The van der Waals surface area contributed by atoms with Gasteiger partial charge in [0.2, 0.25) is 11.9 Å². The fourth-order valence-electron chi connectivity index (χ4n) is 3.00. The van der Waals surface area contributed by atoms with Crippen LogP contribution in [0.2, 0.25) is 0 Å². The lowest BCUT2D eigenvalue weighted by molar-refractivity contribution is -0.125. The molecule has 1 fully saturated rings. The fourth-order valence-corrected chi connectivity index (χ4v) is 3.61. The summed E-state index contributed by atoms with van der Waals surface area (Å²) >= 11 is 1.61. The molecule has 0 bridgehead atoms. The van der Waals surface area contributed by atoms with E-state index in [9.17, 15) is 4.79 Å². The van der Waals surface area contributed by atoms with Gasteiger partial charge in [-0.15, -0.1) is 11.3 Å². The van der Waals surface area contributed by atoms with Gasteiger partial charge in [0.25, 0.3) is 0 Å². The van der Waals surface area contributed by atoms with E-state index in [0.717, 1.165) is 54.0 Å². The molecule has 0 unspecified atom stereocenters. The molecule has 0 aromatic carbocycles. The predicted octanol–water partition coefficient (Wildman–Crippen LogP) is 2.39. The van der Waals surface area contributed by atoms with Crippen LogP contribution in [0.25, 0.3) is 0 Å². The number of rotatable bonds is 4. The first-order valence-electron chi connectivity index (χ1n) is 8.27. The minimum absolute atomic E-state index is 0.0619. The normalized spacial score (nSPS) is 15.5. The van der Waals surface area contributed by atoms with Crippen LogP contribution in [-0.2, 0) is 11.3 Å². The van der Waals surface area contributed by atoms with Crippen molar-refractivity contribution in [3.63, 3.8) is 0 Å². The molecule has 7 heteroatoms. The standard InChI is InChI=1S/C17H23N5OS/c1-11-8-12(2)20-17(19-11)22-6-4-14(5-7-22)16(23)18-9-15-10-24-13(3)21-15/h8,10,14H,4-7,9H2,1-3H3,(H,18,23). The first kappa shape index (κ1) is 16.8. The van der Waals surface area contributed by atoms with Gasteiger partial charge >= 0.3 is 0 Å². The van der Waals surface area contributed by atoms with Crippen molar-refractivity contribution in [1.29, 1.82) is 0 Å². The summed E-state index contributed by atoms with van der Waals surface area (Å²) in [6.07, 6.45) is 1.66. The van der Waals surface area contributed by atoms with Crippen LogP contribution in [0.3, 0.4) is 0 Å². The van der Waals surface area contributed by atoms with Gasteiger partial charge in [-0.25, -0.2) is 15.0 Å². The van der Waals surface area contributed by atoms with Crippen molar-refractivity contribution in [1.82, 2.24) is 20.3 Å². The van der Waals surface area contributed by atoms with Crippen LogP contribution in [0.15, 0.2) is 11.4 Å². The number of anilines is 1. The van der Waals surface area contributed by atoms with Crippen molar-refractivity contribution in [3.05, 3.63) is 33.5 Å². The van der Waals surface area contributed by atoms with Gasteiger partial charge in [0.05, 0.1) is 17.2 Å². The first-order valence-corrected chi connectivity index (χ1v) is 9.15. The number of hydrogen-bond acceptors (Lipinski definition) is 6. The van der Waals surface area contributed by atoms with Gasteiger partial charge < -0.3 is 10.2 Å². The third-order valence-corrected chi connectivity index (χ3v) is 5.05. The summed E-state index contributed by atoms with van der Waals surface area (Å²) in [5.41, 5.74) is 2.90. The Morgan fingerprint density at radius 3 is 2.46 bits per heavy atom. The lowest BCUT2D eigenvalue weighted by Crippen LogP contribution is -2.41. The van der Waals surface area contributed by atoms with Gasteiger partial charge in [0, 0.05) is 35.8 Å². The third kappa shape index (κ3) is 4.08. The van der Waals surface area contributed by atoms with E-state index in [1.807, 2.05) is 32.2 Å². The maximum Gasteiger partial charge on any atom is 0.225 e. The molecule has 0 spiro atoms. The van der Waals surface area contributed by atoms with Crippen molar-refractivity contribution in [2.24, 2.45) is 5.92 Å². The minimum Gasteiger partial charge on any atom is -0.350 e. The molecule has 2 aromatic rings. The van der Waals surface area contributed by atoms with E-state index >= 15 is 0 Å². The number of aromatic nitrogens is 3. The molecule has 1 amide bonds. The monoisotopic (exact) mass is 345 g/mol. The maximum atomic E-state index is 12.3. The molecule has 2 aromatic heterocycles. The lowest BCUT2D eigenvalue weighted by Gasteiger charge is -2.31. The Kier molecular flexibility index (Phi) is 5.08. The van der Waals surface area contributed by atoms with Crippen molar-refractivity contribution >= 4 is 23.2 Å². The second-order valence-electron chi connectivity index (χ2n) is 6.29. The molecular formula is C17H23N5OS. The number of hydrogen-bond donors (Lipinski definition) is 1. The number of nitrogens with one attached hydrogen (secondary N) is 1. The average Bonchev–Trinajstić information content (AvgIpc) is 2.97. The highest BCUT2D eigenvalue weighted by Crippen LogP contribution is 2.21. The molecule has 0 aliphatic carbocycles. The molecule has 128 valence electrons. The Bertz CT molecular complexity index is 701. The van der Waals surface area contributed by atoms with Crippen LogP contribution in [-0.4, -0.2) is 33.9 Å². The fraction of sp³-hybridized carbons (Fsp3) is 0.529. The van der Waals surface area contributed by atoms with Crippen molar-refractivity contribution in [2.75, 3.05) is 18.0 Å². The molecule has 1 N–H and O–H groups in total. The SMILES string of the molecule is Cc1cc(C)nc(N2CCC(C(=O)NCc3csc(C)n3)CC2)n1. The van der Waals surface area contributed by atoms with E-state index in [0.29, 0.717) is 6.54 Å². The largest absolute Gasteiger partial charge is 0.350 e. The second kappa shape index (κ2) is 7.25. The molecule has 1 aliphatic rings. The summed E-state index contributed by atoms with van der Waals surface area (Å²) in [4.78, 5) is 27.9. The number of carbonyl (C=O) groups is 1. The van der Waals surface area contributed by atoms with Gasteiger partial charge in [-0.2, -0.15) is 0 Å². The Morgan fingerprint density at radius 2 is 1.88 bits per heavy atom. The zero-order valence-corrected chi connectivity index (χ0v) is 15.2. The molecule has 0 radical (unpaired) electrons. The van der Waals surface area contributed by atoms with E-state index in [-0.39, 0.29) is 11.8 Å². The van der Waals surface area contributed by atoms with Gasteiger partial charge in [-0.3, -0.25) is 4.79 Å². The summed E-state index contributed by atoms with van der Waals surface area (Å²) in [6.45, 7) is 8.09. The molecule has 3 rings (SSSR count). The number of amides is 1. The highest BCUT2D eigenvalue weighted by molar-refractivity contribution is 7.09. The van der Waals surface area contributed by atoms with E-state index < -0.39 is 0 Å². The quantitative estimate of drug-likeness (QED) is 0.921. The van der Waals surface area contributed by atoms with Crippen LogP contribution in [0.4, 0.5) is 5.95 Å². The number of thiazole rings is 1. The van der Waals surface area contributed by atoms with Crippen LogP contribution >= 0.6 is 11.3 Å². The average molecular weight is 345 g/mol. The molecule has 0 saturated carbocycles. The lowest BCUT2D eigenvalue weighted by atomic mass is 9.96. The molecule has 3 heterocycles. The molecule has 1 saturated heterocycles. The van der Waals surface area contributed by atoms with E-state index in [1.54, 1.807) is 11.3 Å². The van der Waals surface area contributed by atoms with Crippen LogP contribution < -0.4 is 10.2 Å². The number of aryl methyl sites for hydroxylation is 3. The summed E-state index contributed by atoms with van der Waals surface area (Å²) < 4.78 is 0. The zero-order valence-electron chi connectivity index (χ0n) is 14.4. The van der Waals surface area contributed by atoms with Gasteiger partial charge in [0.15, 0.2) is 0 Å². The van der Waals surface area contributed by atoms with E-state index in [2.05, 4.69) is 25.2 Å². The van der Waals surface area contributed by atoms with Crippen molar-refractivity contribution < 1.29 is 4.79 Å². The van der Waals surface area contributed by atoms with E-state index in [1.165, 1.54) is 0 Å². The van der Waals surface area contributed by atoms with Gasteiger partial charge in [-0.1, -0.05) is 0 Å². The Balaban J connectivity index is 1.51. The molecule has 24 heavy (non-hydrogen) atoms. The van der Waals surface area contributed by atoms with Crippen LogP contribution in [0, 0.1) is 26.7 Å². The second-order valence-corrected chi connectivity index (χ2v) is 7.35. The smallest absolute Gasteiger partial charge is 0.225 e. The third-order valence-electron chi connectivity index (χ3n) is 4.23. The predicted molar refractivity (Wildman–Crippen MR) is 95.1 cm³/mol. The minimum atomic E-state index is 0.0619. The number of piperidine rings is 1. The summed E-state index contributed by atoms with van der Waals surface area (Å²) in [7, 11) is 0. The topological polar surface area (TPSA) is 71.0 Å². The Morgan fingerprint density at radius 1 is 1.21 bits per heavy atom. The Labute approximate surface area is 146 Å². The van der Waals surface area contributed by atoms with Gasteiger partial charge in [-0.05, 0) is 39.7 Å². The summed E-state index contributed by atoms with van der Waals surface area (Å²) in [5, 5.41) is 6.03. The molecule has 6 nitrogen and oxygen atoms in total. The van der Waals surface area contributed by atoms with Crippen LogP contribution in [0.1, 0.15) is 34.9 Å². The van der Waals surface area contributed by atoms with E-state index in [4.69, 9.17) is 0 Å². The number of nitrogens with zero attached hydrogens (tertiary/aromatic N) is 4. The summed E-state index contributed by atoms with van der Waals surface area (Å²) in [6, 6.07) is 1.98. The first-order chi connectivity index (χ1) is 11.5. The Hall–Kier alpha value is -2.02. The molecule has 1 aliphatic heterocycles. The highest BCUT2D eigenvalue weighted by Gasteiger charge is 2.26. The number of carbonyl (C=O) groups excluding carboxylic acids is 1.